The Labute approximate surface area is 255 Å². The summed E-state index contributed by atoms with van der Waals surface area (Å²) < 4.78 is 18.5. The second kappa shape index (κ2) is 12.0. The number of anilines is 1. The third-order valence-corrected chi connectivity index (χ3v) is 9.50. The van der Waals surface area contributed by atoms with Crippen molar-refractivity contribution in [2.45, 2.75) is 89.6 Å². The number of carbonyl (C=O) groups excluding carboxylic acids is 2. The summed E-state index contributed by atoms with van der Waals surface area (Å²) >= 11 is 12.1. The van der Waals surface area contributed by atoms with Crippen molar-refractivity contribution in [2.24, 2.45) is 11.3 Å². The molecule has 0 bridgehead atoms. The molecule has 1 unspecified atom stereocenters. The van der Waals surface area contributed by atoms with Gasteiger partial charge in [0.2, 0.25) is 0 Å². The van der Waals surface area contributed by atoms with E-state index >= 15 is 0 Å². The van der Waals surface area contributed by atoms with Crippen LogP contribution in [0.5, 0.6) is 0 Å². The van der Waals surface area contributed by atoms with Crippen LogP contribution < -0.4 is 4.90 Å². The van der Waals surface area contributed by atoms with Crippen molar-refractivity contribution in [1.29, 1.82) is 0 Å². The van der Waals surface area contributed by atoms with Crippen LogP contribution in [0.1, 0.15) is 78.0 Å². The molecule has 3 heterocycles. The average molecular weight is 632 g/mol. The quantitative estimate of drug-likeness (QED) is 0.264. The van der Waals surface area contributed by atoms with Crippen LogP contribution in [0.2, 0.25) is 5.15 Å². The van der Waals surface area contributed by atoms with Crippen LogP contribution in [0.4, 0.5) is 10.6 Å². The van der Waals surface area contributed by atoms with Crippen molar-refractivity contribution in [1.82, 2.24) is 14.9 Å². The molecule has 228 valence electrons. The van der Waals surface area contributed by atoms with E-state index in [1.165, 1.54) is 0 Å². The molecule has 1 aromatic heterocycles. The molecule has 2 saturated heterocycles. The summed E-state index contributed by atoms with van der Waals surface area (Å²) in [5.41, 5.74) is -1.27. The first kappa shape index (κ1) is 30.6. The van der Waals surface area contributed by atoms with Crippen LogP contribution in [0.15, 0.2) is 18.7 Å². The number of ketones is 1. The number of Topliss-reactive ketones (excluding diaryl/α,β-unsaturated/α-hetero) is 1. The van der Waals surface area contributed by atoms with Crippen molar-refractivity contribution in [2.75, 3.05) is 37.7 Å². The van der Waals surface area contributed by atoms with E-state index in [0.717, 1.165) is 38.5 Å². The maximum absolute atomic E-state index is 14.3. The molecule has 0 aromatic carbocycles. The fourth-order valence-corrected chi connectivity index (χ4v) is 7.50. The van der Waals surface area contributed by atoms with Gasteiger partial charge in [0.1, 0.15) is 0 Å². The van der Waals surface area contributed by atoms with Gasteiger partial charge in [0.25, 0.3) is 0 Å². The Balaban J connectivity index is 1.39. The second-order valence-electron chi connectivity index (χ2n) is 12.5. The average Bonchev–Trinajstić information content (AvgIpc) is 3.28. The first-order valence-corrected chi connectivity index (χ1v) is 15.6. The number of hydrogen-bond donors (Lipinski definition) is 0. The molecule has 5 rings (SSSR count). The van der Waals surface area contributed by atoms with Crippen LogP contribution in [-0.2, 0) is 34.0 Å². The molecule has 11 heteroatoms. The van der Waals surface area contributed by atoms with E-state index in [9.17, 15) is 9.59 Å². The molecule has 2 spiro atoms. The standard InChI is InChI=1S/C30H41ClN4O5.Ni/c1-5-22-20-34(27(37)40-28(2,3)4)14-9-15-35(22)25-19-23(31)32-24(33-25)18-21-10-8-12-29(26(21)36)11-6-7-13-30(29)38-16-17-39-30;/h5,19,21-22H,1,6-17,20H2,2-4H3;/t21?,22-,29-;/m0./s1. The van der Waals surface area contributed by atoms with Crippen LogP contribution >= 0.6 is 11.6 Å². The topological polar surface area (TPSA) is 94.1 Å². The summed E-state index contributed by atoms with van der Waals surface area (Å²) in [5.74, 6) is -0.314. The minimum atomic E-state index is -0.842. The van der Waals surface area contributed by atoms with Gasteiger partial charge >= 0.3 is 256 Å². The molecule has 1 aromatic rings. The maximum atomic E-state index is 14.3. The Morgan fingerprint density at radius 3 is 2.56 bits per heavy atom. The molecule has 3 atom stereocenters. The summed E-state index contributed by atoms with van der Waals surface area (Å²) in [7, 11) is 0. The van der Waals surface area contributed by atoms with Crippen molar-refractivity contribution in [3.8, 4) is 0 Å². The summed E-state index contributed by atoms with van der Waals surface area (Å²) in [6.07, 6.45) is 7.86. The fraction of sp³-hybridized carbons (Fsp3) is 0.700. The number of carbonyl (C=O) groups is 2. The molecule has 2 aliphatic heterocycles. The summed E-state index contributed by atoms with van der Waals surface area (Å²) in [6.45, 7) is 12.2. The zero-order valence-corrected chi connectivity index (χ0v) is 26.0. The predicted molar refractivity (Wildman–Crippen MR) is 153 cm³/mol. The molecular formula is C30H41ClN4NiO5. The van der Waals surface area contributed by atoms with Gasteiger partial charge in [-0.05, 0) is 0 Å². The SMILES string of the molecule is C=C[C@H]1CN(C(=O)OC(C)(C)C)CCCN1c1cc(Cl)nc([C](=[Ni])C2CCC[C@@]3(CCCCC34OCCO4)C2=O)n1. The van der Waals surface area contributed by atoms with E-state index in [0.29, 0.717) is 61.8 Å². The third-order valence-electron chi connectivity index (χ3n) is 8.75. The van der Waals surface area contributed by atoms with E-state index in [4.69, 9.17) is 45.8 Å². The molecule has 0 radical (unpaired) electrons. The molecule has 1 amide bonds. The first-order valence-electron chi connectivity index (χ1n) is 14.7. The van der Waals surface area contributed by atoms with Gasteiger partial charge in [0.05, 0.1) is 0 Å². The first-order chi connectivity index (χ1) is 19.5. The zero-order chi connectivity index (χ0) is 29.4. The molecule has 2 aliphatic carbocycles. The Kier molecular flexibility index (Phi) is 8.97. The Hall–Kier alpha value is -1.87. The number of halogens is 1. The van der Waals surface area contributed by atoms with Gasteiger partial charge in [-0.15, -0.1) is 0 Å². The van der Waals surface area contributed by atoms with E-state index < -0.39 is 22.7 Å². The molecule has 9 nitrogen and oxygen atoms in total. The zero-order valence-electron chi connectivity index (χ0n) is 24.2. The summed E-state index contributed by atoms with van der Waals surface area (Å²) in [5, 5.41) is 0.255. The van der Waals surface area contributed by atoms with Gasteiger partial charge in [0.15, 0.2) is 0 Å². The van der Waals surface area contributed by atoms with Crippen molar-refractivity contribution >= 4 is 33.8 Å². The summed E-state index contributed by atoms with van der Waals surface area (Å²) in [4.78, 5) is 40.3. The monoisotopic (exact) mass is 630 g/mol. The van der Waals surface area contributed by atoms with E-state index in [2.05, 4.69) is 16.5 Å². The Morgan fingerprint density at radius 2 is 1.85 bits per heavy atom. The summed E-state index contributed by atoms with van der Waals surface area (Å²) in [6, 6.07) is 1.48. The molecule has 4 fully saturated rings. The van der Waals surface area contributed by atoms with Crippen LogP contribution in [0.25, 0.3) is 0 Å². The number of nitrogens with zero attached hydrogens (tertiary/aromatic N) is 4. The second-order valence-corrected chi connectivity index (χ2v) is 13.4. The molecule has 41 heavy (non-hydrogen) atoms. The van der Waals surface area contributed by atoms with Crippen LogP contribution in [0, 0.1) is 11.3 Å². The molecule has 2 saturated carbocycles. The van der Waals surface area contributed by atoms with Crippen molar-refractivity contribution < 1.29 is 38.8 Å². The van der Waals surface area contributed by atoms with Crippen molar-refractivity contribution in [3.63, 3.8) is 0 Å². The number of amides is 1. The molecule has 4 aliphatic rings. The number of hydrogen-bond acceptors (Lipinski definition) is 8. The van der Waals surface area contributed by atoms with Crippen LogP contribution in [0.3, 0.4) is 0 Å². The predicted octanol–water partition coefficient (Wildman–Crippen LogP) is 4.87. The van der Waals surface area contributed by atoms with Gasteiger partial charge < -0.3 is 0 Å². The Bertz CT molecular complexity index is 1200. The van der Waals surface area contributed by atoms with Gasteiger partial charge in [0, 0.05) is 0 Å². The van der Waals surface area contributed by atoms with Gasteiger partial charge in [-0.25, -0.2) is 0 Å². The Morgan fingerprint density at radius 1 is 1.15 bits per heavy atom. The molecular weight excluding hydrogens is 590 g/mol. The van der Waals surface area contributed by atoms with Crippen molar-refractivity contribution in [3.05, 3.63) is 29.7 Å². The number of aromatic nitrogens is 2. The van der Waals surface area contributed by atoms with E-state index in [1.54, 1.807) is 17.0 Å². The number of rotatable bonds is 4. The minimum absolute atomic E-state index is 0.100. The van der Waals surface area contributed by atoms with Crippen LogP contribution in [-0.4, -0.2) is 81.5 Å². The van der Waals surface area contributed by atoms with Gasteiger partial charge in [-0.3, -0.25) is 0 Å². The fourth-order valence-electron chi connectivity index (χ4n) is 6.94. The normalized spacial score (nSPS) is 28.6. The number of ether oxygens (including phenoxy) is 3. The van der Waals surface area contributed by atoms with Gasteiger partial charge in [-0.2, -0.15) is 0 Å². The van der Waals surface area contributed by atoms with Gasteiger partial charge in [-0.1, -0.05) is 0 Å². The van der Waals surface area contributed by atoms with E-state index in [1.807, 2.05) is 20.8 Å². The third kappa shape index (κ3) is 5.99. The molecule has 0 N–H and O–H groups in total. The number of fused-ring (bicyclic) bond motifs is 1. The van der Waals surface area contributed by atoms with E-state index in [-0.39, 0.29) is 23.1 Å².